The van der Waals surface area contributed by atoms with Crippen LogP contribution in [0, 0.1) is 0 Å². The monoisotopic (exact) mass is 550 g/mol. The third kappa shape index (κ3) is 8.26. The van der Waals surface area contributed by atoms with Gasteiger partial charge in [-0.1, -0.05) is 24.3 Å². The molecule has 0 unspecified atom stereocenters. The Kier molecular flexibility index (Phi) is 9.45. The molecule has 0 atom stereocenters. The third-order valence-electron chi connectivity index (χ3n) is 4.58. The predicted octanol–water partition coefficient (Wildman–Crippen LogP) is 6.99. The molecule has 36 heavy (non-hydrogen) atoms. The van der Waals surface area contributed by atoms with Gasteiger partial charge >= 0.3 is 11.0 Å². The van der Waals surface area contributed by atoms with E-state index in [4.69, 9.17) is 9.47 Å². The topological polar surface area (TPSA) is 58.9 Å². The lowest BCUT2D eigenvalue weighted by atomic mass is 9.98. The number of aliphatic hydroxyl groups is 2. The zero-order valence-electron chi connectivity index (χ0n) is 18.4. The van der Waals surface area contributed by atoms with Crippen LogP contribution in [0.3, 0.4) is 0 Å². The highest BCUT2D eigenvalue weighted by molar-refractivity contribution is 8.00. The fraction of sp³-hybridized carbons (Fsp3) is 0.250. The zero-order chi connectivity index (χ0) is 26.3. The summed E-state index contributed by atoms with van der Waals surface area (Å²) in [5.41, 5.74) is -6.95. The van der Waals surface area contributed by atoms with E-state index >= 15 is 0 Å². The fourth-order valence-electron chi connectivity index (χ4n) is 3.23. The first-order valence-electron chi connectivity index (χ1n) is 10.4. The first-order valence-corrected chi connectivity index (χ1v) is 12.0. The van der Waals surface area contributed by atoms with Gasteiger partial charge in [0, 0.05) is 20.9 Å². The largest absolute Gasteiger partial charge is 0.491 e. The summed E-state index contributed by atoms with van der Waals surface area (Å²) in [7, 11) is 0. The zero-order valence-corrected chi connectivity index (χ0v) is 20.0. The second-order valence-electron chi connectivity index (χ2n) is 7.13. The van der Waals surface area contributed by atoms with Crippen molar-refractivity contribution < 1.29 is 46.0 Å². The van der Waals surface area contributed by atoms with E-state index in [0.29, 0.717) is 22.3 Å². The normalized spacial score (nSPS) is 12.0. The molecule has 0 bridgehead atoms. The van der Waals surface area contributed by atoms with E-state index in [9.17, 15) is 36.6 Å². The van der Waals surface area contributed by atoms with E-state index in [0.717, 1.165) is 0 Å². The van der Waals surface area contributed by atoms with Crippen molar-refractivity contribution in [3.05, 3.63) is 60.7 Å². The minimum absolute atomic E-state index is 0.00531. The highest BCUT2D eigenvalue weighted by atomic mass is 32.2. The molecule has 3 aromatic carbocycles. The van der Waals surface area contributed by atoms with Crippen LogP contribution in [-0.2, 0) is 0 Å². The van der Waals surface area contributed by atoms with E-state index in [1.807, 2.05) is 0 Å². The first-order chi connectivity index (χ1) is 17.0. The standard InChI is InChI=1S/C24H20F6O4S2/c25-23(26,27)35-17-5-1-15(2-6-17)19-13-22(34-12-10-32)20(14-21(19)33-11-9-31)16-3-7-18(8-4-16)36-24(28,29)30/h1-8,13-14,31-32H,9-12H2. The molecule has 0 radical (unpaired) electrons. The van der Waals surface area contributed by atoms with Gasteiger partial charge < -0.3 is 19.7 Å². The van der Waals surface area contributed by atoms with Crippen molar-refractivity contribution in [1.82, 2.24) is 0 Å². The van der Waals surface area contributed by atoms with Crippen molar-refractivity contribution in [2.45, 2.75) is 20.8 Å². The first kappa shape index (κ1) is 28.0. The lowest BCUT2D eigenvalue weighted by molar-refractivity contribution is -0.0337. The van der Waals surface area contributed by atoms with E-state index in [1.54, 1.807) is 12.1 Å². The molecular weight excluding hydrogens is 530 g/mol. The van der Waals surface area contributed by atoms with Crippen molar-refractivity contribution in [1.29, 1.82) is 0 Å². The predicted molar refractivity (Wildman–Crippen MR) is 126 cm³/mol. The molecule has 0 aromatic heterocycles. The molecule has 3 rings (SSSR count). The highest BCUT2D eigenvalue weighted by Crippen LogP contribution is 2.44. The highest BCUT2D eigenvalue weighted by Gasteiger charge is 2.30. The Bertz CT molecular complexity index is 1040. The van der Waals surface area contributed by atoms with Crippen molar-refractivity contribution in [2.24, 2.45) is 0 Å². The Balaban J connectivity index is 2.05. The molecule has 0 heterocycles. The Labute approximate surface area is 211 Å². The number of aliphatic hydroxyl groups excluding tert-OH is 2. The number of benzene rings is 3. The van der Waals surface area contributed by atoms with E-state index in [-0.39, 0.29) is 71.2 Å². The van der Waals surface area contributed by atoms with Crippen LogP contribution in [-0.4, -0.2) is 47.7 Å². The van der Waals surface area contributed by atoms with Gasteiger partial charge in [-0.2, -0.15) is 26.3 Å². The van der Waals surface area contributed by atoms with Gasteiger partial charge in [0.25, 0.3) is 0 Å². The van der Waals surface area contributed by atoms with Gasteiger partial charge in [-0.05, 0) is 71.0 Å². The molecule has 0 saturated carbocycles. The molecule has 12 heteroatoms. The molecule has 0 aliphatic rings. The minimum atomic E-state index is -4.43. The van der Waals surface area contributed by atoms with Crippen LogP contribution in [0.1, 0.15) is 0 Å². The lowest BCUT2D eigenvalue weighted by Crippen LogP contribution is -2.06. The fourth-order valence-corrected chi connectivity index (χ4v) is 4.31. The SMILES string of the molecule is OCCOc1cc(-c2ccc(SC(F)(F)F)cc2)c(OCCO)cc1-c1ccc(SC(F)(F)F)cc1. The van der Waals surface area contributed by atoms with Crippen LogP contribution in [0.2, 0.25) is 0 Å². The second kappa shape index (κ2) is 12.1. The molecule has 0 aliphatic heterocycles. The summed E-state index contributed by atoms with van der Waals surface area (Å²) in [6.07, 6.45) is 0. The number of hydrogen-bond donors (Lipinski definition) is 2. The molecule has 0 fully saturated rings. The van der Waals surface area contributed by atoms with Gasteiger partial charge in [0.1, 0.15) is 24.7 Å². The maximum Gasteiger partial charge on any atom is 0.446 e. The quantitative estimate of drug-likeness (QED) is 0.210. The van der Waals surface area contributed by atoms with Crippen molar-refractivity contribution in [3.63, 3.8) is 0 Å². The summed E-state index contributed by atoms with van der Waals surface area (Å²) in [4.78, 5) is -0.0106. The smallest absolute Gasteiger partial charge is 0.446 e. The van der Waals surface area contributed by atoms with Crippen LogP contribution in [0.15, 0.2) is 70.5 Å². The molecule has 0 saturated heterocycles. The van der Waals surface area contributed by atoms with Crippen molar-refractivity contribution in [3.8, 4) is 33.8 Å². The average molecular weight is 551 g/mol. The number of ether oxygens (including phenoxy) is 2. The van der Waals surface area contributed by atoms with E-state index < -0.39 is 11.0 Å². The third-order valence-corrected chi connectivity index (χ3v) is 6.06. The van der Waals surface area contributed by atoms with Gasteiger partial charge in [0.2, 0.25) is 0 Å². The van der Waals surface area contributed by atoms with Gasteiger partial charge in [-0.3, -0.25) is 0 Å². The average Bonchev–Trinajstić information content (AvgIpc) is 2.80. The maximum absolute atomic E-state index is 12.7. The van der Waals surface area contributed by atoms with Crippen molar-refractivity contribution >= 4 is 23.5 Å². The number of rotatable bonds is 10. The maximum atomic E-state index is 12.7. The van der Waals surface area contributed by atoms with Gasteiger partial charge in [-0.25, -0.2) is 0 Å². The van der Waals surface area contributed by atoms with Gasteiger partial charge in [-0.15, -0.1) is 0 Å². The summed E-state index contributed by atoms with van der Waals surface area (Å²) >= 11 is -0.496. The summed E-state index contributed by atoms with van der Waals surface area (Å²) in [6, 6.07) is 14.3. The molecule has 0 aliphatic carbocycles. The van der Waals surface area contributed by atoms with Crippen LogP contribution in [0.5, 0.6) is 11.5 Å². The Hall–Kier alpha value is -2.54. The Morgan fingerprint density at radius 2 is 0.917 bits per heavy atom. The summed E-state index contributed by atoms with van der Waals surface area (Å²) in [5.74, 6) is 0.556. The summed E-state index contributed by atoms with van der Waals surface area (Å²) in [6.45, 7) is -0.761. The van der Waals surface area contributed by atoms with Crippen LogP contribution < -0.4 is 9.47 Å². The van der Waals surface area contributed by atoms with Crippen LogP contribution in [0.25, 0.3) is 22.3 Å². The molecule has 0 spiro atoms. The van der Waals surface area contributed by atoms with E-state index in [1.165, 1.54) is 48.5 Å². The Morgan fingerprint density at radius 3 is 1.19 bits per heavy atom. The summed E-state index contributed by atoms with van der Waals surface area (Å²) in [5, 5.41) is 18.5. The van der Waals surface area contributed by atoms with Crippen LogP contribution >= 0.6 is 23.5 Å². The molecule has 2 N–H and O–H groups in total. The van der Waals surface area contributed by atoms with E-state index in [2.05, 4.69) is 0 Å². The molecule has 3 aromatic rings. The second-order valence-corrected chi connectivity index (χ2v) is 9.41. The lowest BCUT2D eigenvalue weighted by Gasteiger charge is -2.18. The number of alkyl halides is 6. The Morgan fingerprint density at radius 1 is 0.583 bits per heavy atom. The van der Waals surface area contributed by atoms with Crippen molar-refractivity contribution in [2.75, 3.05) is 26.4 Å². The number of hydrogen-bond acceptors (Lipinski definition) is 6. The molecule has 0 amide bonds. The molecular formula is C24H20F6O4S2. The number of halogens is 6. The summed E-state index contributed by atoms with van der Waals surface area (Å²) < 4.78 is 87.4. The van der Waals surface area contributed by atoms with Gasteiger partial charge in [0.05, 0.1) is 13.2 Å². The minimum Gasteiger partial charge on any atom is -0.491 e. The van der Waals surface area contributed by atoms with Gasteiger partial charge in [0.15, 0.2) is 0 Å². The van der Waals surface area contributed by atoms with Crippen LogP contribution in [0.4, 0.5) is 26.3 Å². The molecule has 194 valence electrons. The number of thioether (sulfide) groups is 2. The molecule has 4 nitrogen and oxygen atoms in total.